The quantitative estimate of drug-likeness (QED) is 0.781. The molecule has 0 fully saturated rings. The van der Waals surface area contributed by atoms with Gasteiger partial charge in [-0.15, -0.1) is 13.2 Å². The van der Waals surface area contributed by atoms with Gasteiger partial charge in [0, 0.05) is 0 Å². The third-order valence-electron chi connectivity index (χ3n) is 2.83. The molecule has 2 aromatic carbocycles. The zero-order chi connectivity index (χ0) is 16.9. The molecule has 0 aliphatic heterocycles. The highest BCUT2D eigenvalue weighted by atomic mass is 19.4. The van der Waals surface area contributed by atoms with Crippen molar-refractivity contribution in [3.8, 4) is 11.5 Å². The van der Waals surface area contributed by atoms with Crippen LogP contribution in [0.15, 0.2) is 48.5 Å². The number of halogens is 3. The minimum atomic E-state index is -4.86. The van der Waals surface area contributed by atoms with Crippen LogP contribution in [0.25, 0.3) is 0 Å². The lowest BCUT2D eigenvalue weighted by atomic mass is 10.2. The summed E-state index contributed by atoms with van der Waals surface area (Å²) in [5, 5.41) is 0. The van der Waals surface area contributed by atoms with Crippen LogP contribution in [0.3, 0.4) is 0 Å². The summed E-state index contributed by atoms with van der Waals surface area (Å²) in [7, 11) is 1.17. The predicted molar refractivity (Wildman–Crippen MR) is 75.2 cm³/mol. The molecule has 0 radical (unpaired) electrons. The van der Waals surface area contributed by atoms with Crippen molar-refractivity contribution >= 4 is 5.97 Å². The molecular formula is C16H13F3O4. The molecule has 0 N–H and O–H groups in total. The molecule has 2 rings (SSSR count). The Morgan fingerprint density at radius 3 is 2.35 bits per heavy atom. The molecule has 0 unspecified atom stereocenters. The highest BCUT2D eigenvalue weighted by Crippen LogP contribution is 2.33. The first-order chi connectivity index (χ1) is 10.9. The summed E-state index contributed by atoms with van der Waals surface area (Å²) in [6, 6.07) is 12.2. The van der Waals surface area contributed by atoms with Crippen LogP contribution in [0.2, 0.25) is 0 Å². The van der Waals surface area contributed by atoms with Gasteiger partial charge in [0.25, 0.3) is 0 Å². The van der Waals surface area contributed by atoms with Crippen molar-refractivity contribution in [3.05, 3.63) is 59.7 Å². The number of esters is 1. The molecule has 7 heteroatoms. The van der Waals surface area contributed by atoms with E-state index in [0.717, 1.165) is 17.7 Å². The van der Waals surface area contributed by atoms with Gasteiger partial charge < -0.3 is 14.2 Å². The third-order valence-corrected chi connectivity index (χ3v) is 2.83. The van der Waals surface area contributed by atoms with Crippen molar-refractivity contribution < 1.29 is 32.2 Å². The molecule has 0 aliphatic carbocycles. The van der Waals surface area contributed by atoms with Gasteiger partial charge in [-0.25, -0.2) is 4.79 Å². The minimum Gasteiger partial charge on any atom is -0.485 e. The highest BCUT2D eigenvalue weighted by molar-refractivity contribution is 5.90. The second-order valence-electron chi connectivity index (χ2n) is 4.48. The zero-order valence-electron chi connectivity index (χ0n) is 12.1. The number of rotatable bonds is 5. The lowest BCUT2D eigenvalue weighted by molar-refractivity contribution is -0.275. The fraction of sp³-hybridized carbons (Fsp3) is 0.188. The van der Waals surface area contributed by atoms with Crippen molar-refractivity contribution in [3.63, 3.8) is 0 Å². The van der Waals surface area contributed by atoms with Gasteiger partial charge in [0.2, 0.25) is 0 Å². The number of methoxy groups -OCH3 is 1. The summed E-state index contributed by atoms with van der Waals surface area (Å²) < 4.78 is 51.1. The van der Waals surface area contributed by atoms with Crippen LogP contribution >= 0.6 is 0 Å². The van der Waals surface area contributed by atoms with Crippen LogP contribution in [-0.4, -0.2) is 19.4 Å². The standard InChI is InChI=1S/C16H13F3O4/c1-21-15(20)12-7-8-13(23-16(17,18)19)14(9-12)22-10-11-5-3-2-4-6-11/h2-9H,10H2,1H3. The van der Waals surface area contributed by atoms with E-state index in [2.05, 4.69) is 9.47 Å². The first-order valence-electron chi connectivity index (χ1n) is 6.54. The maximum Gasteiger partial charge on any atom is 0.573 e. The summed E-state index contributed by atoms with van der Waals surface area (Å²) in [6.07, 6.45) is -4.86. The second-order valence-corrected chi connectivity index (χ2v) is 4.48. The van der Waals surface area contributed by atoms with Crippen LogP contribution in [0.4, 0.5) is 13.2 Å². The van der Waals surface area contributed by atoms with Gasteiger partial charge in [-0.2, -0.15) is 0 Å². The van der Waals surface area contributed by atoms with Gasteiger partial charge in [0.15, 0.2) is 11.5 Å². The molecule has 0 bridgehead atoms. The maximum atomic E-state index is 12.4. The van der Waals surface area contributed by atoms with Gasteiger partial charge in [0.05, 0.1) is 12.7 Å². The van der Waals surface area contributed by atoms with Crippen molar-refractivity contribution in [1.82, 2.24) is 0 Å². The van der Waals surface area contributed by atoms with Gasteiger partial charge >= 0.3 is 12.3 Å². The SMILES string of the molecule is COC(=O)c1ccc(OC(F)(F)F)c(OCc2ccccc2)c1. The van der Waals surface area contributed by atoms with E-state index in [-0.39, 0.29) is 17.9 Å². The van der Waals surface area contributed by atoms with Crippen LogP contribution in [-0.2, 0) is 11.3 Å². The average Bonchev–Trinajstić information content (AvgIpc) is 2.52. The number of hydrogen-bond donors (Lipinski definition) is 0. The molecule has 0 saturated heterocycles. The number of alkyl halides is 3. The number of ether oxygens (including phenoxy) is 3. The average molecular weight is 326 g/mol. The minimum absolute atomic E-state index is 0.0275. The predicted octanol–water partition coefficient (Wildman–Crippen LogP) is 3.95. The summed E-state index contributed by atoms with van der Waals surface area (Å²) in [6.45, 7) is 0.0275. The molecule has 0 amide bonds. The van der Waals surface area contributed by atoms with Gasteiger partial charge in [0.1, 0.15) is 6.61 Å². The fourth-order valence-electron chi connectivity index (χ4n) is 1.81. The Bertz CT molecular complexity index is 669. The summed E-state index contributed by atoms with van der Waals surface area (Å²) >= 11 is 0. The largest absolute Gasteiger partial charge is 0.573 e. The molecule has 0 aromatic heterocycles. The molecule has 0 saturated carbocycles. The molecule has 0 heterocycles. The molecule has 0 atom stereocenters. The zero-order valence-corrected chi connectivity index (χ0v) is 12.1. The summed E-state index contributed by atoms with van der Waals surface area (Å²) in [5.74, 6) is -1.41. The van der Waals surface area contributed by atoms with Gasteiger partial charge in [-0.1, -0.05) is 30.3 Å². The van der Waals surface area contributed by atoms with Crippen molar-refractivity contribution in [2.45, 2.75) is 13.0 Å². The van der Waals surface area contributed by atoms with Crippen LogP contribution in [0.1, 0.15) is 15.9 Å². The van der Waals surface area contributed by atoms with Crippen molar-refractivity contribution in [2.24, 2.45) is 0 Å². The Morgan fingerprint density at radius 1 is 1.04 bits per heavy atom. The Hall–Kier alpha value is -2.70. The van der Waals surface area contributed by atoms with E-state index in [0.29, 0.717) is 0 Å². The first kappa shape index (κ1) is 16.7. The van der Waals surface area contributed by atoms with Gasteiger partial charge in [-0.05, 0) is 23.8 Å². The van der Waals surface area contributed by atoms with Gasteiger partial charge in [-0.3, -0.25) is 0 Å². The smallest absolute Gasteiger partial charge is 0.485 e. The number of carbonyl (C=O) groups is 1. The van der Waals surface area contributed by atoms with E-state index in [1.54, 1.807) is 30.3 Å². The monoisotopic (exact) mass is 326 g/mol. The number of hydrogen-bond acceptors (Lipinski definition) is 4. The number of carbonyl (C=O) groups excluding carboxylic acids is 1. The van der Waals surface area contributed by atoms with Crippen molar-refractivity contribution in [2.75, 3.05) is 7.11 Å². The van der Waals surface area contributed by atoms with Crippen LogP contribution in [0, 0.1) is 0 Å². The maximum absolute atomic E-state index is 12.4. The van der Waals surface area contributed by atoms with E-state index in [4.69, 9.17) is 4.74 Å². The highest BCUT2D eigenvalue weighted by Gasteiger charge is 2.32. The van der Waals surface area contributed by atoms with E-state index in [9.17, 15) is 18.0 Å². The third kappa shape index (κ3) is 4.91. The lowest BCUT2D eigenvalue weighted by Crippen LogP contribution is -2.18. The molecule has 23 heavy (non-hydrogen) atoms. The number of benzene rings is 2. The molecule has 0 spiro atoms. The van der Waals surface area contributed by atoms with Crippen LogP contribution < -0.4 is 9.47 Å². The second kappa shape index (κ2) is 7.04. The Morgan fingerprint density at radius 2 is 1.74 bits per heavy atom. The van der Waals surface area contributed by atoms with Crippen LogP contribution in [0.5, 0.6) is 11.5 Å². The normalized spacial score (nSPS) is 11.0. The summed E-state index contributed by atoms with van der Waals surface area (Å²) in [5.41, 5.74) is 0.819. The Labute approximate surface area is 130 Å². The van der Waals surface area contributed by atoms with E-state index >= 15 is 0 Å². The molecule has 4 nitrogen and oxygen atoms in total. The molecular weight excluding hydrogens is 313 g/mol. The lowest BCUT2D eigenvalue weighted by Gasteiger charge is -2.15. The Balaban J connectivity index is 2.26. The Kier molecular flexibility index (Phi) is 5.10. The van der Waals surface area contributed by atoms with E-state index in [1.165, 1.54) is 13.2 Å². The molecule has 0 aliphatic rings. The van der Waals surface area contributed by atoms with E-state index < -0.39 is 18.1 Å². The molecule has 122 valence electrons. The summed E-state index contributed by atoms with van der Waals surface area (Å²) in [4.78, 5) is 11.5. The van der Waals surface area contributed by atoms with Crippen molar-refractivity contribution in [1.29, 1.82) is 0 Å². The molecule has 2 aromatic rings. The fourth-order valence-corrected chi connectivity index (χ4v) is 1.81. The van der Waals surface area contributed by atoms with E-state index in [1.807, 2.05) is 0 Å². The first-order valence-corrected chi connectivity index (χ1v) is 6.54. The topological polar surface area (TPSA) is 44.8 Å².